The molecule has 0 bridgehead atoms. The van der Waals surface area contributed by atoms with Gasteiger partial charge in [0.05, 0.1) is 35.8 Å². The Kier molecular flexibility index (Phi) is 8.21. The third kappa shape index (κ3) is 7.09. The molecule has 1 saturated heterocycles. The highest BCUT2D eigenvalue weighted by molar-refractivity contribution is 5.69. The van der Waals surface area contributed by atoms with E-state index >= 15 is 0 Å². The highest BCUT2D eigenvalue weighted by atomic mass is 19.1. The number of morpholine rings is 1. The van der Waals surface area contributed by atoms with E-state index in [1.807, 2.05) is 0 Å². The molecule has 1 heterocycles. The predicted molar refractivity (Wildman–Crippen MR) is 112 cm³/mol. The third-order valence-electron chi connectivity index (χ3n) is 4.65. The normalized spacial score (nSPS) is 23.1. The molecule has 2 aliphatic rings. The van der Waals surface area contributed by atoms with Crippen LogP contribution in [0.2, 0.25) is 0 Å². The van der Waals surface area contributed by atoms with Gasteiger partial charge in [-0.25, -0.2) is 9.18 Å². The van der Waals surface area contributed by atoms with E-state index in [4.69, 9.17) is 19.9 Å². The number of nitro groups is 1. The zero-order chi connectivity index (χ0) is 23.2. The summed E-state index contributed by atoms with van der Waals surface area (Å²) in [7, 11) is 0. The first-order valence-corrected chi connectivity index (χ1v) is 10.1. The molecule has 9 nitrogen and oxygen atoms in total. The van der Waals surface area contributed by atoms with E-state index in [1.54, 1.807) is 33.8 Å². The number of amides is 1. The second kappa shape index (κ2) is 10.4. The van der Waals surface area contributed by atoms with Crippen LogP contribution in [-0.4, -0.2) is 53.4 Å². The average Bonchev–Trinajstić information content (AvgIpc) is 2.69. The maximum absolute atomic E-state index is 14.2. The minimum atomic E-state index is -0.698. The minimum absolute atomic E-state index is 0.0741. The molecule has 0 spiro atoms. The summed E-state index contributed by atoms with van der Waals surface area (Å²) in [6.07, 6.45) is 5.07. The van der Waals surface area contributed by atoms with Crippen molar-refractivity contribution in [2.24, 2.45) is 5.73 Å². The largest absolute Gasteiger partial charge is 0.477 e. The van der Waals surface area contributed by atoms with Gasteiger partial charge in [-0.1, -0.05) is 6.08 Å². The monoisotopic (exact) mass is 439 g/mol. The second-order valence-corrected chi connectivity index (χ2v) is 8.23. The number of carbonyl (C=O) groups excluding carboxylic acids is 1. The Hall–Kier alpha value is -2.88. The topological polar surface area (TPSA) is 117 Å². The van der Waals surface area contributed by atoms with E-state index in [-0.39, 0.29) is 49.8 Å². The quantitative estimate of drug-likeness (QED) is 0.382. The molecular formula is C21H30FN3O6. The van der Waals surface area contributed by atoms with Crippen molar-refractivity contribution < 1.29 is 28.3 Å². The molecule has 0 radical (unpaired) electrons. The number of carbonyl (C=O) groups is 1. The number of hydrogen-bond donors (Lipinski definition) is 1. The summed E-state index contributed by atoms with van der Waals surface area (Å²) in [5, 5.41) is 11.2. The Labute approximate surface area is 181 Å². The Morgan fingerprint density at radius 1 is 1.48 bits per heavy atom. The van der Waals surface area contributed by atoms with Gasteiger partial charge >= 0.3 is 6.09 Å². The lowest BCUT2D eigenvalue weighted by Crippen LogP contribution is -2.54. The molecule has 172 valence electrons. The van der Waals surface area contributed by atoms with E-state index in [9.17, 15) is 19.3 Å². The maximum atomic E-state index is 14.2. The lowest BCUT2D eigenvalue weighted by molar-refractivity contribution is -0.429. The Bertz CT molecular complexity index is 812. The predicted octanol–water partition coefficient (Wildman–Crippen LogP) is 3.56. The third-order valence-corrected chi connectivity index (χ3v) is 4.65. The summed E-state index contributed by atoms with van der Waals surface area (Å²) >= 11 is 0. The number of hydrogen-bond acceptors (Lipinski definition) is 7. The van der Waals surface area contributed by atoms with Crippen LogP contribution in [0.5, 0.6) is 0 Å². The number of ether oxygens (including phenoxy) is 3. The lowest BCUT2D eigenvalue weighted by atomic mass is 10.0. The first-order valence-electron chi connectivity index (χ1n) is 10.1. The molecule has 2 atom stereocenters. The van der Waals surface area contributed by atoms with Crippen LogP contribution in [0, 0.1) is 10.1 Å². The number of rotatable bonds is 6. The Morgan fingerprint density at radius 2 is 2.19 bits per heavy atom. The van der Waals surface area contributed by atoms with Crippen molar-refractivity contribution in [1.82, 2.24) is 4.90 Å². The van der Waals surface area contributed by atoms with Crippen LogP contribution in [0.25, 0.3) is 0 Å². The fourth-order valence-corrected chi connectivity index (χ4v) is 3.08. The summed E-state index contributed by atoms with van der Waals surface area (Å²) in [5.41, 5.74) is 4.72. The van der Waals surface area contributed by atoms with Crippen LogP contribution < -0.4 is 5.73 Å². The van der Waals surface area contributed by atoms with Gasteiger partial charge in [0.25, 0.3) is 5.70 Å². The van der Waals surface area contributed by atoms with Gasteiger partial charge in [0.2, 0.25) is 0 Å². The van der Waals surface area contributed by atoms with Crippen LogP contribution in [-0.2, 0) is 14.2 Å². The number of nitrogens with zero attached hydrogens (tertiary/aromatic N) is 2. The standard InChI is InChI=1S/C21H30FN3O6/c1-5-19(23)30-13-14-12-29-15(11-24(14)20(26)31-21(2,3)4)9-10-16-17(22)7-6-8-18(16)25(27)28/h5,7,9-10,14-15H,6,8,11-13,23H2,1-4H3/b10-9+,19-5?/t14-,15+/m0/s1. The highest BCUT2D eigenvalue weighted by Crippen LogP contribution is 2.28. The van der Waals surface area contributed by atoms with Crippen LogP contribution in [0.1, 0.15) is 40.5 Å². The molecule has 31 heavy (non-hydrogen) atoms. The minimum Gasteiger partial charge on any atom is -0.477 e. The molecule has 2 rings (SSSR count). The summed E-state index contributed by atoms with van der Waals surface area (Å²) in [5.74, 6) is -0.410. The fraction of sp³-hybridized carbons (Fsp3) is 0.571. The molecule has 2 N–H and O–H groups in total. The van der Waals surface area contributed by atoms with Gasteiger partial charge in [0, 0.05) is 6.42 Å². The second-order valence-electron chi connectivity index (χ2n) is 8.23. The van der Waals surface area contributed by atoms with Gasteiger partial charge in [0.1, 0.15) is 18.0 Å². The van der Waals surface area contributed by atoms with E-state index in [1.165, 1.54) is 23.1 Å². The van der Waals surface area contributed by atoms with Crippen LogP contribution >= 0.6 is 0 Å². The van der Waals surface area contributed by atoms with Gasteiger partial charge in [-0.15, -0.1) is 0 Å². The van der Waals surface area contributed by atoms with Crippen molar-refractivity contribution in [1.29, 1.82) is 0 Å². The molecule has 1 fully saturated rings. The average molecular weight is 439 g/mol. The highest BCUT2D eigenvalue weighted by Gasteiger charge is 2.35. The van der Waals surface area contributed by atoms with Gasteiger partial charge in [-0.05, 0) is 52.3 Å². The summed E-state index contributed by atoms with van der Waals surface area (Å²) in [6.45, 7) is 7.36. The first kappa shape index (κ1) is 24.4. The van der Waals surface area contributed by atoms with E-state index in [0.717, 1.165) is 0 Å². The molecule has 0 aromatic carbocycles. The molecule has 10 heteroatoms. The Balaban J connectivity index is 2.18. The van der Waals surface area contributed by atoms with Crippen molar-refractivity contribution in [3.8, 4) is 0 Å². The molecule has 0 saturated carbocycles. The zero-order valence-electron chi connectivity index (χ0n) is 18.3. The molecule has 1 amide bonds. The van der Waals surface area contributed by atoms with Crippen LogP contribution in [0.15, 0.2) is 47.3 Å². The number of allylic oxidation sites excluding steroid dienone is 6. The van der Waals surface area contributed by atoms with Crippen LogP contribution in [0.3, 0.4) is 0 Å². The Morgan fingerprint density at radius 3 is 2.81 bits per heavy atom. The van der Waals surface area contributed by atoms with Crippen molar-refractivity contribution in [2.45, 2.75) is 58.3 Å². The smallest absolute Gasteiger partial charge is 0.410 e. The van der Waals surface area contributed by atoms with Crippen molar-refractivity contribution in [3.63, 3.8) is 0 Å². The molecule has 0 aromatic rings. The van der Waals surface area contributed by atoms with E-state index in [0.29, 0.717) is 0 Å². The molecular weight excluding hydrogens is 409 g/mol. The van der Waals surface area contributed by atoms with Crippen molar-refractivity contribution in [3.05, 3.63) is 57.4 Å². The van der Waals surface area contributed by atoms with Gasteiger partial charge in [-0.3, -0.25) is 15.0 Å². The van der Waals surface area contributed by atoms with Crippen molar-refractivity contribution in [2.75, 3.05) is 19.8 Å². The first-order chi connectivity index (χ1) is 14.5. The van der Waals surface area contributed by atoms with Gasteiger partial charge < -0.3 is 19.9 Å². The molecule has 0 unspecified atom stereocenters. The fourth-order valence-electron chi connectivity index (χ4n) is 3.08. The SMILES string of the molecule is CC=C(N)OC[C@@H]1CO[C@H](/C=C/C2=C([N+](=O)[O-])CCC=C2F)CN1C(=O)OC(C)(C)C. The lowest BCUT2D eigenvalue weighted by Gasteiger charge is -2.39. The number of nitrogens with two attached hydrogens (primary N) is 1. The molecule has 1 aliphatic heterocycles. The van der Waals surface area contributed by atoms with E-state index in [2.05, 4.69) is 0 Å². The summed E-state index contributed by atoms with van der Waals surface area (Å²) in [4.78, 5) is 24.9. The zero-order valence-corrected chi connectivity index (χ0v) is 18.3. The maximum Gasteiger partial charge on any atom is 0.410 e. The van der Waals surface area contributed by atoms with E-state index < -0.39 is 34.6 Å². The van der Waals surface area contributed by atoms with Gasteiger partial charge in [0.15, 0.2) is 5.88 Å². The van der Waals surface area contributed by atoms with Crippen LogP contribution in [0.4, 0.5) is 9.18 Å². The van der Waals surface area contributed by atoms with Gasteiger partial charge in [-0.2, -0.15) is 0 Å². The number of halogens is 1. The van der Waals surface area contributed by atoms with Crippen molar-refractivity contribution >= 4 is 6.09 Å². The summed E-state index contributed by atoms with van der Waals surface area (Å²) in [6, 6.07) is -0.446. The molecule has 1 aliphatic carbocycles. The summed E-state index contributed by atoms with van der Waals surface area (Å²) < 4.78 is 30.9. The molecule has 0 aromatic heterocycles.